The lowest BCUT2D eigenvalue weighted by molar-refractivity contribution is -0.115. The molecule has 0 aliphatic heterocycles. The lowest BCUT2D eigenvalue weighted by atomic mass is 10.1. The number of thioether (sulfide) groups is 1. The number of anilines is 1. The van der Waals surface area contributed by atoms with Crippen LogP contribution in [-0.2, 0) is 4.79 Å². The molecule has 8 heteroatoms. The molecule has 0 saturated carbocycles. The van der Waals surface area contributed by atoms with Crippen LogP contribution in [0, 0.1) is 6.92 Å². The van der Waals surface area contributed by atoms with Gasteiger partial charge in [-0.25, -0.2) is 9.97 Å². The first-order valence-electron chi connectivity index (χ1n) is 10.8. The van der Waals surface area contributed by atoms with Crippen LogP contribution in [0.25, 0.3) is 16.6 Å². The van der Waals surface area contributed by atoms with Gasteiger partial charge < -0.3 is 5.32 Å². The van der Waals surface area contributed by atoms with Crippen LogP contribution in [0.3, 0.4) is 0 Å². The van der Waals surface area contributed by atoms with Gasteiger partial charge in [0.1, 0.15) is 11.1 Å². The van der Waals surface area contributed by atoms with Crippen molar-refractivity contribution in [1.82, 2.24) is 19.6 Å². The molecular formula is C26H21N5O2S. The summed E-state index contributed by atoms with van der Waals surface area (Å²) in [6, 6.07) is 24.2. The van der Waals surface area contributed by atoms with Gasteiger partial charge in [0.25, 0.3) is 0 Å². The third-order valence-corrected chi connectivity index (χ3v) is 6.55. The molecule has 1 N–H and O–H groups in total. The van der Waals surface area contributed by atoms with Gasteiger partial charge in [-0.1, -0.05) is 66.4 Å². The van der Waals surface area contributed by atoms with E-state index in [1.165, 1.54) is 18.7 Å². The van der Waals surface area contributed by atoms with E-state index in [1.54, 1.807) is 28.8 Å². The van der Waals surface area contributed by atoms with Gasteiger partial charge in [0.15, 0.2) is 16.6 Å². The van der Waals surface area contributed by atoms with Crippen molar-refractivity contribution in [2.24, 2.45) is 0 Å². The molecule has 5 aromatic rings. The number of fused-ring (bicyclic) bond motifs is 3. The van der Waals surface area contributed by atoms with Gasteiger partial charge in [-0.05, 0) is 43.7 Å². The molecule has 1 amide bonds. The molecule has 0 saturated heterocycles. The fourth-order valence-corrected chi connectivity index (χ4v) is 4.79. The first kappa shape index (κ1) is 21.8. The van der Waals surface area contributed by atoms with Crippen molar-refractivity contribution in [1.29, 1.82) is 0 Å². The van der Waals surface area contributed by atoms with Crippen LogP contribution in [0.5, 0.6) is 0 Å². The Morgan fingerprint density at radius 3 is 2.50 bits per heavy atom. The number of nitrogens with one attached hydrogen (secondary N) is 1. The van der Waals surface area contributed by atoms with Crippen molar-refractivity contribution in [3.63, 3.8) is 0 Å². The molecule has 3 aromatic carbocycles. The zero-order valence-electron chi connectivity index (χ0n) is 18.6. The van der Waals surface area contributed by atoms with Gasteiger partial charge in [0.05, 0.1) is 5.52 Å². The van der Waals surface area contributed by atoms with Crippen molar-refractivity contribution in [3.8, 4) is 0 Å². The van der Waals surface area contributed by atoms with Crippen LogP contribution in [0.2, 0.25) is 0 Å². The number of benzene rings is 3. The Morgan fingerprint density at radius 2 is 1.71 bits per heavy atom. The summed E-state index contributed by atoms with van der Waals surface area (Å²) in [7, 11) is 0. The molecule has 0 aliphatic rings. The quantitative estimate of drug-likeness (QED) is 0.208. The zero-order chi connectivity index (χ0) is 23.7. The van der Waals surface area contributed by atoms with Crippen molar-refractivity contribution >= 4 is 45.7 Å². The number of hydrogen-bond acceptors (Lipinski definition) is 6. The number of Topliss-reactive ketones (excluding diaryl/α,β-unsaturated/α-hetero) is 1. The Labute approximate surface area is 200 Å². The number of aryl methyl sites for hydroxylation is 1. The fraction of sp³-hybridized carbons (Fsp3) is 0.115. The second kappa shape index (κ2) is 9.07. The maximum atomic E-state index is 13.5. The molecule has 0 radical (unpaired) electrons. The Hall–Kier alpha value is -4.04. The first-order valence-corrected chi connectivity index (χ1v) is 11.6. The van der Waals surface area contributed by atoms with Gasteiger partial charge in [-0.2, -0.15) is 4.52 Å². The Kier molecular flexibility index (Phi) is 5.81. The summed E-state index contributed by atoms with van der Waals surface area (Å²) < 4.78 is 1.70. The van der Waals surface area contributed by atoms with E-state index in [0.29, 0.717) is 27.9 Å². The maximum absolute atomic E-state index is 13.5. The van der Waals surface area contributed by atoms with Gasteiger partial charge in [-0.15, -0.1) is 5.10 Å². The minimum absolute atomic E-state index is 0.0607. The van der Waals surface area contributed by atoms with E-state index in [0.717, 1.165) is 16.5 Å². The molecule has 0 spiro atoms. The summed E-state index contributed by atoms with van der Waals surface area (Å²) >= 11 is 1.31. The summed E-state index contributed by atoms with van der Waals surface area (Å²) in [6.45, 7) is 3.33. The maximum Gasteiger partial charge on any atom is 0.242 e. The van der Waals surface area contributed by atoms with Crippen molar-refractivity contribution in [2.75, 3.05) is 5.32 Å². The average Bonchev–Trinajstić information content (AvgIpc) is 3.25. The predicted octanol–water partition coefficient (Wildman–Crippen LogP) is 5.26. The zero-order valence-corrected chi connectivity index (χ0v) is 19.4. The molecule has 2 aromatic heterocycles. The molecule has 0 aliphatic carbocycles. The molecule has 1 atom stereocenters. The monoisotopic (exact) mass is 467 g/mol. The SMILES string of the molecule is CC(=O)c1cccc(NC(=O)C(Sc2nc3ccccc3c3nc(C)nn23)c2ccccc2)c1. The highest BCUT2D eigenvalue weighted by atomic mass is 32.2. The Balaban J connectivity index is 1.56. The van der Waals surface area contributed by atoms with Crippen LogP contribution in [0.15, 0.2) is 84.0 Å². The van der Waals surface area contributed by atoms with Gasteiger partial charge >= 0.3 is 0 Å². The molecule has 5 rings (SSSR count). The number of para-hydroxylation sites is 1. The largest absolute Gasteiger partial charge is 0.325 e. The summed E-state index contributed by atoms with van der Waals surface area (Å²) in [6.07, 6.45) is 0. The van der Waals surface area contributed by atoms with Crippen LogP contribution in [-0.4, -0.2) is 31.3 Å². The molecule has 2 heterocycles. The molecule has 7 nitrogen and oxygen atoms in total. The molecule has 0 bridgehead atoms. The Bertz CT molecular complexity index is 1530. The van der Waals surface area contributed by atoms with Crippen molar-refractivity contribution < 1.29 is 9.59 Å². The standard InChI is InChI=1S/C26H21N5O2S/c1-16(32)19-11-8-12-20(15-19)28-25(33)23(18-9-4-3-5-10-18)34-26-29-22-14-7-6-13-21(22)24-27-17(2)30-31(24)26/h3-15,23H,1-2H3,(H,28,33). The van der Waals surface area contributed by atoms with Crippen LogP contribution in [0.4, 0.5) is 5.69 Å². The van der Waals surface area contributed by atoms with E-state index in [2.05, 4.69) is 15.4 Å². The minimum Gasteiger partial charge on any atom is -0.325 e. The number of nitrogens with zero attached hydrogens (tertiary/aromatic N) is 4. The third-order valence-electron chi connectivity index (χ3n) is 5.36. The molecule has 1 unspecified atom stereocenters. The Morgan fingerprint density at radius 1 is 0.941 bits per heavy atom. The lowest BCUT2D eigenvalue weighted by Crippen LogP contribution is -2.20. The number of carbonyl (C=O) groups excluding carboxylic acids is 2. The number of rotatable bonds is 6. The molecule has 34 heavy (non-hydrogen) atoms. The smallest absolute Gasteiger partial charge is 0.242 e. The van der Waals surface area contributed by atoms with E-state index >= 15 is 0 Å². The number of aromatic nitrogens is 4. The van der Waals surface area contributed by atoms with Gasteiger partial charge in [0.2, 0.25) is 5.91 Å². The number of ketones is 1. The van der Waals surface area contributed by atoms with Gasteiger partial charge in [-0.3, -0.25) is 9.59 Å². The lowest BCUT2D eigenvalue weighted by Gasteiger charge is -2.17. The summed E-state index contributed by atoms with van der Waals surface area (Å²) in [5, 5.41) is 8.35. The summed E-state index contributed by atoms with van der Waals surface area (Å²) in [5.41, 5.74) is 3.41. The minimum atomic E-state index is -0.608. The van der Waals surface area contributed by atoms with E-state index < -0.39 is 5.25 Å². The molecular weight excluding hydrogens is 446 g/mol. The number of amides is 1. The second-order valence-electron chi connectivity index (χ2n) is 7.84. The van der Waals surface area contributed by atoms with Crippen LogP contribution < -0.4 is 5.32 Å². The third kappa shape index (κ3) is 4.27. The second-order valence-corrected chi connectivity index (χ2v) is 8.91. The summed E-state index contributed by atoms with van der Waals surface area (Å²) in [5.74, 6) is 0.341. The summed E-state index contributed by atoms with van der Waals surface area (Å²) in [4.78, 5) is 34.7. The highest BCUT2D eigenvalue weighted by Gasteiger charge is 2.25. The van der Waals surface area contributed by atoms with Gasteiger partial charge in [0, 0.05) is 16.6 Å². The molecule has 0 fully saturated rings. The van der Waals surface area contributed by atoms with E-state index in [4.69, 9.17) is 4.98 Å². The van der Waals surface area contributed by atoms with Crippen LogP contribution in [0.1, 0.15) is 33.9 Å². The van der Waals surface area contributed by atoms with Crippen molar-refractivity contribution in [3.05, 3.63) is 95.8 Å². The highest BCUT2D eigenvalue weighted by Crippen LogP contribution is 2.36. The van der Waals surface area contributed by atoms with Crippen molar-refractivity contribution in [2.45, 2.75) is 24.3 Å². The topological polar surface area (TPSA) is 89.2 Å². The number of carbonyl (C=O) groups is 2. The average molecular weight is 468 g/mol. The predicted molar refractivity (Wildman–Crippen MR) is 133 cm³/mol. The van der Waals surface area contributed by atoms with Crippen LogP contribution >= 0.6 is 11.8 Å². The van der Waals surface area contributed by atoms with E-state index in [9.17, 15) is 9.59 Å². The first-order chi connectivity index (χ1) is 16.5. The fourth-order valence-electron chi connectivity index (χ4n) is 3.74. The molecule has 168 valence electrons. The van der Waals surface area contributed by atoms with E-state index in [-0.39, 0.29) is 11.7 Å². The van der Waals surface area contributed by atoms with E-state index in [1.807, 2.05) is 61.5 Å². The number of hydrogen-bond donors (Lipinski definition) is 1. The highest BCUT2D eigenvalue weighted by molar-refractivity contribution is 8.00. The normalized spacial score (nSPS) is 12.1.